The number of imidazole rings is 1. The Labute approximate surface area is 207 Å². The molecule has 2 aromatic carbocycles. The second-order valence-corrected chi connectivity index (χ2v) is 11.2. The van der Waals surface area contributed by atoms with Gasteiger partial charge in [0.1, 0.15) is 5.52 Å². The monoisotopic (exact) mass is 462 g/mol. The molecule has 35 heavy (non-hydrogen) atoms. The minimum Gasteiger partial charge on any atom is -0.255 e. The number of aromatic nitrogens is 3. The van der Waals surface area contributed by atoms with Gasteiger partial charge in [-0.15, -0.1) is 0 Å². The lowest BCUT2D eigenvalue weighted by Gasteiger charge is -2.30. The highest BCUT2D eigenvalue weighted by Crippen LogP contribution is 2.46. The molecule has 2 fully saturated rings. The summed E-state index contributed by atoms with van der Waals surface area (Å²) in [6, 6.07) is 16.1. The van der Waals surface area contributed by atoms with Gasteiger partial charge in [0.05, 0.1) is 18.0 Å². The molecule has 0 radical (unpaired) electrons. The number of rotatable bonds is 2. The largest absolute Gasteiger partial charge is 0.297 e. The summed E-state index contributed by atoms with van der Waals surface area (Å²) in [7, 11) is 2.24. The van der Waals surface area contributed by atoms with E-state index in [0.717, 1.165) is 5.52 Å². The first-order chi connectivity index (χ1) is 17.2. The predicted molar refractivity (Wildman–Crippen MR) is 145 cm³/mol. The molecule has 2 aliphatic carbocycles. The summed E-state index contributed by atoms with van der Waals surface area (Å²) in [4.78, 5) is 5.03. The molecule has 7 rings (SSSR count). The molecular weight excluding hydrogens is 426 g/mol. The van der Waals surface area contributed by atoms with Crippen molar-refractivity contribution in [3.05, 3.63) is 65.4 Å². The molecule has 2 aliphatic rings. The molecular formula is C32H36N3+. The van der Waals surface area contributed by atoms with Gasteiger partial charge in [-0.3, -0.25) is 4.98 Å². The number of hydrogen-bond acceptors (Lipinski definition) is 1. The first-order valence-electron chi connectivity index (χ1n) is 13.9. The van der Waals surface area contributed by atoms with Gasteiger partial charge in [0, 0.05) is 17.1 Å². The Hall–Kier alpha value is -2.94. The van der Waals surface area contributed by atoms with E-state index >= 15 is 0 Å². The van der Waals surface area contributed by atoms with Crippen LogP contribution in [-0.4, -0.2) is 9.38 Å². The topological polar surface area (TPSA) is 21.2 Å². The molecule has 178 valence electrons. The summed E-state index contributed by atoms with van der Waals surface area (Å²) >= 11 is 0. The van der Waals surface area contributed by atoms with Crippen molar-refractivity contribution in [1.82, 2.24) is 9.38 Å². The number of aryl methyl sites for hydroxylation is 2. The zero-order chi connectivity index (χ0) is 23.5. The Kier molecular flexibility index (Phi) is 5.08. The molecule has 0 atom stereocenters. The van der Waals surface area contributed by atoms with Crippen LogP contribution in [0, 0.1) is 6.92 Å². The third-order valence-corrected chi connectivity index (χ3v) is 9.18. The van der Waals surface area contributed by atoms with Crippen LogP contribution in [-0.2, 0) is 7.05 Å². The maximum Gasteiger partial charge on any atom is 0.297 e. The minimum absolute atomic E-state index is 0.654. The molecule has 5 aromatic rings. The van der Waals surface area contributed by atoms with Gasteiger partial charge in [0.25, 0.3) is 5.65 Å². The quantitative estimate of drug-likeness (QED) is 0.192. The van der Waals surface area contributed by atoms with Crippen molar-refractivity contribution in [2.75, 3.05) is 0 Å². The van der Waals surface area contributed by atoms with Crippen molar-refractivity contribution in [2.24, 2.45) is 7.05 Å². The molecule has 0 saturated heterocycles. The molecule has 2 saturated carbocycles. The van der Waals surface area contributed by atoms with E-state index in [2.05, 4.69) is 65.4 Å². The van der Waals surface area contributed by atoms with Crippen LogP contribution in [0.4, 0.5) is 0 Å². The Morgan fingerprint density at radius 2 is 1.54 bits per heavy atom. The van der Waals surface area contributed by atoms with E-state index in [9.17, 15) is 0 Å². The summed E-state index contributed by atoms with van der Waals surface area (Å²) in [5.74, 6) is 1.36. The first kappa shape index (κ1) is 21.4. The fourth-order valence-corrected chi connectivity index (χ4v) is 7.51. The molecule has 0 spiro atoms. The maximum atomic E-state index is 5.03. The number of hydrogen-bond donors (Lipinski definition) is 0. The Balaban J connectivity index is 1.72. The lowest BCUT2D eigenvalue weighted by atomic mass is 9.75. The van der Waals surface area contributed by atoms with Crippen molar-refractivity contribution in [1.29, 1.82) is 0 Å². The molecule has 3 aromatic heterocycles. The fraction of sp³-hybridized carbons (Fsp3) is 0.438. The molecule has 0 aliphatic heterocycles. The number of nitrogens with zero attached hydrogens (tertiary/aromatic N) is 3. The van der Waals surface area contributed by atoms with Crippen molar-refractivity contribution in [3.63, 3.8) is 0 Å². The SMILES string of the molecule is Cc1ccnc2c3ccc(C4CCCCC4)c(C4CCCCC4)c3n3c4ccccc4[n+](C)c3c12. The van der Waals surface area contributed by atoms with E-state index in [1.807, 2.05) is 6.20 Å². The molecule has 0 N–H and O–H groups in total. The lowest BCUT2D eigenvalue weighted by molar-refractivity contribution is -0.617. The number of fused-ring (bicyclic) bond motifs is 8. The van der Waals surface area contributed by atoms with E-state index in [1.165, 1.54) is 103 Å². The Morgan fingerprint density at radius 3 is 2.31 bits per heavy atom. The summed E-state index contributed by atoms with van der Waals surface area (Å²) in [5.41, 5.74) is 11.1. The number of pyridine rings is 2. The molecule has 0 unspecified atom stereocenters. The zero-order valence-electron chi connectivity index (χ0n) is 21.2. The van der Waals surface area contributed by atoms with Crippen LogP contribution in [0.5, 0.6) is 0 Å². The van der Waals surface area contributed by atoms with Gasteiger partial charge in [-0.25, -0.2) is 4.57 Å². The van der Waals surface area contributed by atoms with Crippen molar-refractivity contribution < 1.29 is 4.57 Å². The summed E-state index contributed by atoms with van der Waals surface area (Å²) in [5, 5.41) is 2.62. The van der Waals surface area contributed by atoms with Crippen LogP contribution in [0.15, 0.2) is 48.7 Å². The van der Waals surface area contributed by atoms with Crippen molar-refractivity contribution in [3.8, 4) is 0 Å². The van der Waals surface area contributed by atoms with Crippen molar-refractivity contribution in [2.45, 2.75) is 83.0 Å². The maximum absolute atomic E-state index is 5.03. The van der Waals surface area contributed by atoms with E-state index in [0.29, 0.717) is 11.8 Å². The number of benzene rings is 2. The highest BCUT2D eigenvalue weighted by atomic mass is 15.1. The van der Waals surface area contributed by atoms with Gasteiger partial charge < -0.3 is 0 Å². The van der Waals surface area contributed by atoms with Gasteiger partial charge in [-0.05, 0) is 79.8 Å². The summed E-state index contributed by atoms with van der Waals surface area (Å²) in [6.07, 6.45) is 15.6. The summed E-state index contributed by atoms with van der Waals surface area (Å²) in [6.45, 7) is 2.24. The van der Waals surface area contributed by atoms with Gasteiger partial charge in [0.2, 0.25) is 0 Å². The predicted octanol–water partition coefficient (Wildman–Crippen LogP) is 8.02. The van der Waals surface area contributed by atoms with Gasteiger partial charge in [-0.2, -0.15) is 4.40 Å². The van der Waals surface area contributed by atoms with Gasteiger partial charge in [-0.1, -0.05) is 56.7 Å². The van der Waals surface area contributed by atoms with Gasteiger partial charge >= 0.3 is 0 Å². The average molecular weight is 463 g/mol. The van der Waals surface area contributed by atoms with Crippen molar-refractivity contribution >= 4 is 38.5 Å². The molecule has 0 amide bonds. The molecule has 3 heteroatoms. The second kappa shape index (κ2) is 8.33. The first-order valence-corrected chi connectivity index (χ1v) is 13.9. The minimum atomic E-state index is 0.654. The van der Waals surface area contributed by atoms with E-state index in [-0.39, 0.29) is 0 Å². The third-order valence-electron chi connectivity index (χ3n) is 9.18. The molecule has 3 nitrogen and oxygen atoms in total. The van der Waals surface area contributed by atoms with Gasteiger partial charge in [0.15, 0.2) is 11.0 Å². The second-order valence-electron chi connectivity index (χ2n) is 11.2. The fourth-order valence-electron chi connectivity index (χ4n) is 7.51. The average Bonchev–Trinajstić information content (AvgIpc) is 3.21. The lowest BCUT2D eigenvalue weighted by Crippen LogP contribution is -2.27. The summed E-state index contributed by atoms with van der Waals surface area (Å²) < 4.78 is 5.03. The zero-order valence-corrected chi connectivity index (χ0v) is 21.2. The van der Waals surface area contributed by atoms with Crippen LogP contribution in [0.2, 0.25) is 0 Å². The Morgan fingerprint density at radius 1 is 0.829 bits per heavy atom. The third kappa shape index (κ3) is 3.16. The normalized spacial score (nSPS) is 18.3. The highest BCUT2D eigenvalue weighted by Gasteiger charge is 2.32. The van der Waals surface area contributed by atoms with E-state index < -0.39 is 0 Å². The van der Waals surface area contributed by atoms with Crippen LogP contribution >= 0.6 is 0 Å². The molecule has 3 heterocycles. The van der Waals surface area contributed by atoms with Crippen LogP contribution in [0.25, 0.3) is 38.5 Å². The van der Waals surface area contributed by atoms with Crippen LogP contribution in [0.1, 0.15) is 92.7 Å². The van der Waals surface area contributed by atoms with Crippen LogP contribution < -0.4 is 4.57 Å². The standard InChI is InChI=1S/C32H36N3/c1-21-19-20-33-30-25-18-17-24(22-11-5-3-6-12-22)29(23-13-7-4-8-14-23)31(25)35-27-16-10-9-15-26(27)34(2)32(35)28(21)30/h9-10,15-20,22-23H,3-8,11-14H2,1-2H3/q+1. The van der Waals surface area contributed by atoms with E-state index in [4.69, 9.17) is 4.98 Å². The van der Waals surface area contributed by atoms with Crippen LogP contribution in [0.3, 0.4) is 0 Å². The smallest absolute Gasteiger partial charge is 0.255 e. The molecule has 0 bridgehead atoms. The highest BCUT2D eigenvalue weighted by molar-refractivity contribution is 6.12. The Bertz CT molecular complexity index is 1580. The van der Waals surface area contributed by atoms with E-state index in [1.54, 1.807) is 11.1 Å². The number of para-hydroxylation sites is 2.